The first kappa shape index (κ1) is 13.6. The molecule has 1 aromatic rings. The number of phenolic OH excluding ortho intramolecular Hbond substituents is 1. The Bertz CT molecular complexity index is 363. The van der Waals surface area contributed by atoms with Crippen LogP contribution in [0.15, 0.2) is 24.3 Å². The van der Waals surface area contributed by atoms with Gasteiger partial charge in [0.25, 0.3) is 0 Å². The summed E-state index contributed by atoms with van der Waals surface area (Å²) in [4.78, 5) is 12.0. The highest BCUT2D eigenvalue weighted by atomic mass is 16.3. The lowest BCUT2D eigenvalue weighted by Gasteiger charge is -2.14. The van der Waals surface area contributed by atoms with E-state index in [4.69, 9.17) is 0 Å². The van der Waals surface area contributed by atoms with Gasteiger partial charge in [0, 0.05) is 17.7 Å². The van der Waals surface area contributed by atoms with Crippen molar-refractivity contribution >= 4 is 11.6 Å². The molecule has 3 nitrogen and oxygen atoms in total. The first-order valence-electron chi connectivity index (χ1n) is 6.27. The van der Waals surface area contributed by atoms with Gasteiger partial charge in [-0.2, -0.15) is 0 Å². The summed E-state index contributed by atoms with van der Waals surface area (Å²) >= 11 is 0. The second kappa shape index (κ2) is 6.94. The third kappa shape index (κ3) is 4.47. The summed E-state index contributed by atoms with van der Waals surface area (Å²) in [7, 11) is 0. The van der Waals surface area contributed by atoms with E-state index in [1.807, 2.05) is 6.92 Å². The number of carbonyl (C=O) groups excluding carboxylic acids is 1. The zero-order valence-electron chi connectivity index (χ0n) is 10.6. The third-order valence-electron chi connectivity index (χ3n) is 2.88. The fourth-order valence-electron chi connectivity index (χ4n) is 1.80. The average Bonchev–Trinajstić information content (AvgIpc) is 2.30. The molecule has 3 heteroatoms. The molecule has 94 valence electrons. The predicted octanol–water partition coefficient (Wildman–Crippen LogP) is 3.55. The minimum absolute atomic E-state index is 0.0477. The van der Waals surface area contributed by atoms with Crippen molar-refractivity contribution in [2.45, 2.75) is 39.5 Å². The molecule has 0 heterocycles. The number of unbranched alkanes of at least 4 members (excludes halogenated alkanes) is 1. The summed E-state index contributed by atoms with van der Waals surface area (Å²) in [6.07, 6.45) is 3.96. The molecular weight excluding hydrogens is 214 g/mol. The molecular formula is C14H21NO2. The van der Waals surface area contributed by atoms with Crippen molar-refractivity contribution in [1.29, 1.82) is 0 Å². The van der Waals surface area contributed by atoms with E-state index in [2.05, 4.69) is 12.2 Å². The van der Waals surface area contributed by atoms with Gasteiger partial charge in [0.1, 0.15) is 5.75 Å². The smallest absolute Gasteiger partial charge is 0.227 e. The molecule has 0 aliphatic carbocycles. The second-order valence-corrected chi connectivity index (χ2v) is 4.29. The number of hydrogen-bond acceptors (Lipinski definition) is 2. The summed E-state index contributed by atoms with van der Waals surface area (Å²) in [5, 5.41) is 12.2. The van der Waals surface area contributed by atoms with Gasteiger partial charge < -0.3 is 10.4 Å². The zero-order chi connectivity index (χ0) is 12.7. The van der Waals surface area contributed by atoms with Gasteiger partial charge in [-0.15, -0.1) is 0 Å². The summed E-state index contributed by atoms with van der Waals surface area (Å²) in [5.74, 6) is 0.285. The Labute approximate surface area is 103 Å². The van der Waals surface area contributed by atoms with Gasteiger partial charge >= 0.3 is 0 Å². The van der Waals surface area contributed by atoms with Crippen LogP contribution in [-0.2, 0) is 4.79 Å². The standard InChI is InChI=1S/C14H21NO2/c1-3-5-7-11(4-2)14(17)15-12-8-6-9-13(16)10-12/h6,8-11,16H,3-5,7H2,1-2H3,(H,15,17)/t11-/m1/s1. The number of benzene rings is 1. The monoisotopic (exact) mass is 235 g/mol. The van der Waals surface area contributed by atoms with Crippen LogP contribution in [0.5, 0.6) is 5.75 Å². The van der Waals surface area contributed by atoms with Gasteiger partial charge in [-0.3, -0.25) is 4.79 Å². The number of nitrogens with one attached hydrogen (secondary N) is 1. The van der Waals surface area contributed by atoms with E-state index >= 15 is 0 Å². The lowest BCUT2D eigenvalue weighted by atomic mass is 9.98. The average molecular weight is 235 g/mol. The molecule has 0 bridgehead atoms. The Morgan fingerprint density at radius 3 is 2.76 bits per heavy atom. The van der Waals surface area contributed by atoms with E-state index in [1.54, 1.807) is 24.3 Å². The van der Waals surface area contributed by atoms with Crippen LogP contribution < -0.4 is 5.32 Å². The van der Waals surface area contributed by atoms with E-state index in [-0.39, 0.29) is 17.6 Å². The Balaban J connectivity index is 2.57. The maximum atomic E-state index is 12.0. The fraction of sp³-hybridized carbons (Fsp3) is 0.500. The van der Waals surface area contributed by atoms with E-state index in [0.29, 0.717) is 5.69 Å². The minimum atomic E-state index is 0.0477. The van der Waals surface area contributed by atoms with Crippen molar-refractivity contribution in [3.05, 3.63) is 24.3 Å². The molecule has 0 spiro atoms. The number of phenols is 1. The van der Waals surface area contributed by atoms with Gasteiger partial charge in [0.05, 0.1) is 0 Å². The predicted molar refractivity (Wildman–Crippen MR) is 70.0 cm³/mol. The van der Waals surface area contributed by atoms with Crippen molar-refractivity contribution in [3.8, 4) is 5.75 Å². The van der Waals surface area contributed by atoms with Crippen LogP contribution in [0.3, 0.4) is 0 Å². The van der Waals surface area contributed by atoms with E-state index < -0.39 is 0 Å². The van der Waals surface area contributed by atoms with E-state index in [1.165, 1.54) is 0 Å². The normalized spacial score (nSPS) is 12.1. The highest BCUT2D eigenvalue weighted by Gasteiger charge is 2.15. The number of carbonyl (C=O) groups is 1. The maximum absolute atomic E-state index is 12.0. The van der Waals surface area contributed by atoms with E-state index in [0.717, 1.165) is 25.7 Å². The van der Waals surface area contributed by atoms with E-state index in [9.17, 15) is 9.90 Å². The molecule has 1 aromatic carbocycles. The zero-order valence-corrected chi connectivity index (χ0v) is 10.6. The van der Waals surface area contributed by atoms with Crippen LogP contribution in [-0.4, -0.2) is 11.0 Å². The van der Waals surface area contributed by atoms with Crippen LogP contribution >= 0.6 is 0 Å². The molecule has 0 aromatic heterocycles. The summed E-state index contributed by atoms with van der Waals surface area (Å²) in [5.41, 5.74) is 0.657. The van der Waals surface area contributed by atoms with Gasteiger partial charge in [-0.25, -0.2) is 0 Å². The molecule has 0 aliphatic heterocycles. The second-order valence-electron chi connectivity index (χ2n) is 4.29. The number of aromatic hydroxyl groups is 1. The maximum Gasteiger partial charge on any atom is 0.227 e. The van der Waals surface area contributed by atoms with Crippen molar-refractivity contribution < 1.29 is 9.90 Å². The van der Waals surface area contributed by atoms with Gasteiger partial charge in [-0.05, 0) is 25.0 Å². The molecule has 0 saturated carbocycles. The third-order valence-corrected chi connectivity index (χ3v) is 2.88. The summed E-state index contributed by atoms with van der Waals surface area (Å²) < 4.78 is 0. The minimum Gasteiger partial charge on any atom is -0.508 e. The Hall–Kier alpha value is -1.51. The molecule has 17 heavy (non-hydrogen) atoms. The van der Waals surface area contributed by atoms with Gasteiger partial charge in [0.15, 0.2) is 0 Å². The SMILES string of the molecule is CCCC[C@@H](CC)C(=O)Nc1cccc(O)c1. The lowest BCUT2D eigenvalue weighted by molar-refractivity contribution is -0.120. The Kier molecular flexibility index (Phi) is 5.53. The lowest BCUT2D eigenvalue weighted by Crippen LogP contribution is -2.22. The van der Waals surface area contributed by atoms with Crippen LogP contribution in [0.1, 0.15) is 39.5 Å². The molecule has 0 unspecified atom stereocenters. The quantitative estimate of drug-likeness (QED) is 0.792. The van der Waals surface area contributed by atoms with Crippen molar-refractivity contribution in [2.24, 2.45) is 5.92 Å². The number of rotatable bonds is 6. The first-order chi connectivity index (χ1) is 8.17. The van der Waals surface area contributed by atoms with Gasteiger partial charge in [-0.1, -0.05) is 32.8 Å². The number of anilines is 1. The molecule has 0 saturated heterocycles. The highest BCUT2D eigenvalue weighted by molar-refractivity contribution is 5.92. The molecule has 1 amide bonds. The molecule has 0 aliphatic rings. The number of hydrogen-bond donors (Lipinski definition) is 2. The van der Waals surface area contributed by atoms with Crippen molar-refractivity contribution in [3.63, 3.8) is 0 Å². The number of amides is 1. The van der Waals surface area contributed by atoms with Crippen LogP contribution in [0.2, 0.25) is 0 Å². The van der Waals surface area contributed by atoms with Crippen LogP contribution in [0.4, 0.5) is 5.69 Å². The molecule has 1 atom stereocenters. The summed E-state index contributed by atoms with van der Waals surface area (Å²) in [6.45, 7) is 4.15. The molecule has 0 radical (unpaired) electrons. The summed E-state index contributed by atoms with van der Waals surface area (Å²) in [6, 6.07) is 6.65. The van der Waals surface area contributed by atoms with Crippen molar-refractivity contribution in [2.75, 3.05) is 5.32 Å². The van der Waals surface area contributed by atoms with Crippen LogP contribution in [0.25, 0.3) is 0 Å². The fourth-order valence-corrected chi connectivity index (χ4v) is 1.80. The molecule has 1 rings (SSSR count). The Morgan fingerprint density at radius 2 is 2.18 bits per heavy atom. The molecule has 2 N–H and O–H groups in total. The van der Waals surface area contributed by atoms with Crippen LogP contribution in [0, 0.1) is 5.92 Å². The van der Waals surface area contributed by atoms with Crippen molar-refractivity contribution in [1.82, 2.24) is 0 Å². The largest absolute Gasteiger partial charge is 0.508 e. The Morgan fingerprint density at radius 1 is 1.41 bits per heavy atom. The molecule has 0 fully saturated rings. The first-order valence-corrected chi connectivity index (χ1v) is 6.27. The van der Waals surface area contributed by atoms with Gasteiger partial charge in [0.2, 0.25) is 5.91 Å². The highest BCUT2D eigenvalue weighted by Crippen LogP contribution is 2.19. The topological polar surface area (TPSA) is 49.3 Å².